The molecule has 0 aliphatic carbocycles. The van der Waals surface area contributed by atoms with Gasteiger partial charge in [0.2, 0.25) is 0 Å². The molecule has 0 fully saturated rings. The fourth-order valence-corrected chi connectivity index (χ4v) is 2.90. The van der Waals surface area contributed by atoms with E-state index in [1.807, 2.05) is 68.7 Å². The summed E-state index contributed by atoms with van der Waals surface area (Å²) in [6.07, 6.45) is 1.46. The van der Waals surface area contributed by atoms with E-state index in [4.69, 9.17) is 0 Å². The van der Waals surface area contributed by atoms with E-state index in [2.05, 4.69) is 9.97 Å². The average molecular weight is 387 g/mol. The van der Waals surface area contributed by atoms with E-state index in [9.17, 15) is 9.59 Å². The first-order chi connectivity index (χ1) is 12.3. The second-order valence-electron chi connectivity index (χ2n) is 4.30. The number of fused-ring (bicyclic) bond motifs is 1. The van der Waals surface area contributed by atoms with E-state index < -0.39 is 11.0 Å². The van der Waals surface area contributed by atoms with Crippen molar-refractivity contribution in [2.75, 3.05) is 0 Å². The van der Waals surface area contributed by atoms with Gasteiger partial charge < -0.3 is 0 Å². The third-order valence-electron chi connectivity index (χ3n) is 2.59. The van der Waals surface area contributed by atoms with E-state index in [1.165, 1.54) is 12.3 Å². The van der Waals surface area contributed by atoms with Crippen LogP contribution in [0, 0.1) is 0 Å². The number of aromatic nitrogens is 2. The average Bonchev–Trinajstić information content (AvgIpc) is 3.46. The predicted molar refractivity (Wildman–Crippen MR) is 107 cm³/mol. The van der Waals surface area contributed by atoms with Gasteiger partial charge >= 0.3 is 5.56 Å². The number of nitrogens with zero attached hydrogens (tertiary/aromatic N) is 2. The van der Waals surface area contributed by atoms with Gasteiger partial charge in [0.1, 0.15) is 5.69 Å². The van der Waals surface area contributed by atoms with Crippen LogP contribution in [0.1, 0.15) is 0 Å². The van der Waals surface area contributed by atoms with Gasteiger partial charge in [-0.3, -0.25) is 14.6 Å². The summed E-state index contributed by atoms with van der Waals surface area (Å²) in [6.45, 7) is 0. The third-order valence-corrected chi connectivity index (χ3v) is 4.47. The summed E-state index contributed by atoms with van der Waals surface area (Å²) in [5, 5.41) is 12.2. The lowest BCUT2D eigenvalue weighted by molar-refractivity contribution is 1.30. The molecule has 25 heavy (non-hydrogen) atoms. The molecule has 0 aromatic carbocycles. The molecule has 0 N–H and O–H groups in total. The van der Waals surface area contributed by atoms with Gasteiger partial charge in [-0.05, 0) is 38.3 Å². The largest absolute Gasteiger partial charge is 0.320 e. The van der Waals surface area contributed by atoms with Crippen LogP contribution in [-0.2, 0) is 0 Å². The minimum atomic E-state index is -0.710. The third kappa shape index (κ3) is 6.88. The van der Waals surface area contributed by atoms with Gasteiger partial charge in [-0.1, -0.05) is 36.4 Å². The van der Waals surface area contributed by atoms with Gasteiger partial charge in [-0.2, -0.15) is 34.0 Å². The molecule has 126 valence electrons. The molecule has 5 heterocycles. The van der Waals surface area contributed by atoms with E-state index in [0.29, 0.717) is 5.69 Å². The van der Waals surface area contributed by atoms with Crippen LogP contribution >= 0.6 is 34.0 Å². The summed E-state index contributed by atoms with van der Waals surface area (Å²) < 4.78 is 0. The van der Waals surface area contributed by atoms with Gasteiger partial charge in [-0.25, -0.2) is 4.98 Å². The molecular formula is C18H14N2O2S3. The summed E-state index contributed by atoms with van der Waals surface area (Å²) in [7, 11) is 0. The lowest BCUT2D eigenvalue weighted by Crippen LogP contribution is -2.19. The monoisotopic (exact) mass is 386 g/mol. The van der Waals surface area contributed by atoms with Crippen LogP contribution < -0.4 is 11.0 Å². The molecule has 0 amide bonds. The number of thiophene rings is 3. The quantitative estimate of drug-likeness (QED) is 0.370. The fourth-order valence-electron chi connectivity index (χ4n) is 1.53. The Kier molecular flexibility index (Phi) is 8.40. The van der Waals surface area contributed by atoms with Crippen molar-refractivity contribution in [3.05, 3.63) is 102 Å². The molecule has 2 aliphatic rings. The zero-order valence-corrected chi connectivity index (χ0v) is 15.5. The van der Waals surface area contributed by atoms with E-state index in [0.717, 1.165) is 0 Å². The van der Waals surface area contributed by atoms with E-state index in [-0.39, 0.29) is 5.69 Å². The number of hydrogen-bond donors (Lipinski definition) is 0. The normalized spacial score (nSPS) is 9.12. The highest BCUT2D eigenvalue weighted by Gasteiger charge is 2.14. The van der Waals surface area contributed by atoms with Crippen molar-refractivity contribution in [3.8, 4) is 11.4 Å². The maximum atomic E-state index is 10.8. The zero-order valence-electron chi connectivity index (χ0n) is 13.0. The molecule has 0 unspecified atom stereocenters. The smallest absolute Gasteiger partial charge is 0.281 e. The Morgan fingerprint density at radius 2 is 1.12 bits per heavy atom. The molecule has 0 saturated heterocycles. The first-order valence-electron chi connectivity index (χ1n) is 7.12. The van der Waals surface area contributed by atoms with Gasteiger partial charge in [0.25, 0.3) is 5.43 Å². The van der Waals surface area contributed by atoms with Crippen LogP contribution in [0.3, 0.4) is 0 Å². The molecule has 0 saturated carbocycles. The Hall–Kier alpha value is -2.48. The van der Waals surface area contributed by atoms with Crippen LogP contribution in [0.4, 0.5) is 0 Å². The molecule has 2 aliphatic heterocycles. The van der Waals surface area contributed by atoms with E-state index in [1.54, 1.807) is 34.0 Å². The highest BCUT2D eigenvalue weighted by Crippen LogP contribution is 2.08. The van der Waals surface area contributed by atoms with Crippen LogP contribution in [0.25, 0.3) is 11.4 Å². The molecule has 0 spiro atoms. The highest BCUT2D eigenvalue weighted by molar-refractivity contribution is 7.08. The van der Waals surface area contributed by atoms with Crippen molar-refractivity contribution in [3.63, 3.8) is 0 Å². The van der Waals surface area contributed by atoms with Crippen molar-refractivity contribution in [2.45, 2.75) is 0 Å². The molecule has 0 bridgehead atoms. The summed E-state index contributed by atoms with van der Waals surface area (Å²) >= 11 is 5.14. The van der Waals surface area contributed by atoms with Crippen LogP contribution in [-0.4, -0.2) is 9.97 Å². The minimum absolute atomic E-state index is 0.185. The molecule has 3 aromatic heterocycles. The van der Waals surface area contributed by atoms with E-state index >= 15 is 0 Å². The topological polar surface area (TPSA) is 59.9 Å². The molecule has 0 radical (unpaired) electrons. The maximum Gasteiger partial charge on any atom is 0.320 e. The summed E-state index contributed by atoms with van der Waals surface area (Å²) in [4.78, 5) is 28.4. The summed E-state index contributed by atoms with van der Waals surface area (Å²) in [5.74, 6) is 0. The van der Waals surface area contributed by atoms with Crippen molar-refractivity contribution in [1.29, 1.82) is 0 Å². The van der Waals surface area contributed by atoms with Crippen LogP contribution in [0.2, 0.25) is 0 Å². The molecule has 4 nitrogen and oxygen atoms in total. The Labute approximate surface area is 156 Å². The lowest BCUT2D eigenvalue weighted by atomic mass is 10.4. The molecule has 0 atom stereocenters. The fraction of sp³-hybridized carbons (Fsp3) is 0. The molecular weight excluding hydrogens is 372 g/mol. The molecule has 3 aromatic rings. The second-order valence-corrected chi connectivity index (χ2v) is 6.75. The van der Waals surface area contributed by atoms with Gasteiger partial charge in [0.05, 0.1) is 5.69 Å². The molecule has 5 rings (SSSR count). The van der Waals surface area contributed by atoms with Gasteiger partial charge in [0.15, 0.2) is 0 Å². The number of hydrogen-bond acceptors (Lipinski definition) is 7. The van der Waals surface area contributed by atoms with Crippen LogP contribution in [0.5, 0.6) is 0 Å². The predicted octanol–water partition coefficient (Wildman–Crippen LogP) is 4.42. The Bertz CT molecular complexity index is 825. The first kappa shape index (κ1) is 18.9. The maximum absolute atomic E-state index is 10.8. The van der Waals surface area contributed by atoms with Gasteiger partial charge in [-0.15, -0.1) is 0 Å². The minimum Gasteiger partial charge on any atom is -0.281 e. The van der Waals surface area contributed by atoms with Crippen molar-refractivity contribution >= 4 is 34.0 Å². The lowest BCUT2D eigenvalue weighted by Gasteiger charge is -1.72. The summed E-state index contributed by atoms with van der Waals surface area (Å²) in [5.41, 5.74) is -0.724. The standard InChI is InChI=1S/C6H2N2O2.3C4H4S/c9-5-4-3(1-2-7-4)8-6(5)10;3*1-2-4-5-3-1/h1-2H;3*1-4H. The summed E-state index contributed by atoms with van der Waals surface area (Å²) in [6, 6.07) is 13.7. The second kappa shape index (κ2) is 11.1. The SMILES string of the molecule is O=c1nc2ccnc-2c1=O.c1ccsc1.c1ccsc1.c1ccsc1. The Morgan fingerprint density at radius 3 is 1.44 bits per heavy atom. The Balaban J connectivity index is 0.000000129. The highest BCUT2D eigenvalue weighted by atomic mass is 32.1. The van der Waals surface area contributed by atoms with Crippen molar-refractivity contribution in [2.24, 2.45) is 0 Å². The Morgan fingerprint density at radius 1 is 0.680 bits per heavy atom. The number of rotatable bonds is 0. The van der Waals surface area contributed by atoms with Gasteiger partial charge in [0, 0.05) is 6.20 Å². The first-order valence-corrected chi connectivity index (χ1v) is 9.95. The van der Waals surface area contributed by atoms with Crippen molar-refractivity contribution < 1.29 is 0 Å². The van der Waals surface area contributed by atoms with Crippen LogP contribution in [0.15, 0.2) is 90.5 Å². The zero-order chi connectivity index (χ0) is 17.7. The molecule has 7 heteroatoms. The van der Waals surface area contributed by atoms with Crippen molar-refractivity contribution in [1.82, 2.24) is 9.97 Å².